The quantitative estimate of drug-likeness (QED) is 0.182. The first kappa shape index (κ1) is 33.8. The van der Waals surface area contributed by atoms with Crippen molar-refractivity contribution in [2.75, 3.05) is 37.7 Å². The Labute approximate surface area is 304 Å². The standard InChI is InChI=1S/C40H39F3N6O4/c1-4-26-29(42)12-9-22-7-5-8-27(31(22)26)33-32(43)34-28(16-44-33)36(46-39(45-34)52-20-40-13-6-14-48(40)17-23(41)15-40)47-18-24-10-11-25(19-47)49(24)37(50)35-30(21(2)3)38(51)53-35/h1,5,7-9,12,16,21,23-25,30,35H,6,10-11,13-15,17-20H2,2-3H3/t23-,24?,25?,30+,35-,40+/m1/s1. The summed E-state index contributed by atoms with van der Waals surface area (Å²) < 4.78 is 58.2. The highest BCUT2D eigenvalue weighted by atomic mass is 19.1. The van der Waals surface area contributed by atoms with Crippen LogP contribution < -0.4 is 9.64 Å². The van der Waals surface area contributed by atoms with Crippen LogP contribution in [0, 0.1) is 35.8 Å². The Bertz CT molecular complexity index is 2210. The number of hydrogen-bond acceptors (Lipinski definition) is 9. The number of alkyl halides is 1. The van der Waals surface area contributed by atoms with E-state index in [1.54, 1.807) is 24.3 Å². The van der Waals surface area contributed by atoms with Crippen molar-refractivity contribution in [1.29, 1.82) is 0 Å². The minimum atomic E-state index is -0.953. The fraction of sp³-hybridized carbons (Fsp3) is 0.475. The molecule has 7 heterocycles. The number of anilines is 1. The second kappa shape index (κ2) is 12.6. The second-order valence-electron chi connectivity index (χ2n) is 15.5. The Morgan fingerprint density at radius 2 is 1.92 bits per heavy atom. The predicted octanol–water partition coefficient (Wildman–Crippen LogP) is 5.44. The molecular formula is C40H39F3N6O4. The molecule has 1 amide bonds. The molecular weight excluding hydrogens is 685 g/mol. The fourth-order valence-corrected chi connectivity index (χ4v) is 9.59. The molecule has 2 unspecified atom stereocenters. The summed E-state index contributed by atoms with van der Waals surface area (Å²) in [6.45, 7) is 5.92. The number of carbonyl (C=O) groups excluding carboxylic acids is 2. The van der Waals surface area contributed by atoms with Crippen LogP contribution in [0.1, 0.15) is 51.5 Å². The van der Waals surface area contributed by atoms with Crippen LogP contribution in [-0.2, 0) is 14.3 Å². The molecule has 0 saturated carbocycles. The van der Waals surface area contributed by atoms with Crippen molar-refractivity contribution in [2.45, 2.75) is 75.8 Å². The summed E-state index contributed by atoms with van der Waals surface area (Å²) >= 11 is 0. The number of aromatic nitrogens is 3. The number of pyridine rings is 1. The molecule has 274 valence electrons. The van der Waals surface area contributed by atoms with Gasteiger partial charge < -0.3 is 19.3 Å². The average molecular weight is 725 g/mol. The van der Waals surface area contributed by atoms with Crippen LogP contribution >= 0.6 is 0 Å². The van der Waals surface area contributed by atoms with Crippen LogP contribution in [0.3, 0.4) is 0 Å². The van der Waals surface area contributed by atoms with Crippen LogP contribution in [0.5, 0.6) is 6.01 Å². The van der Waals surface area contributed by atoms with Gasteiger partial charge in [-0.05, 0) is 49.6 Å². The summed E-state index contributed by atoms with van der Waals surface area (Å²) in [5, 5.41) is 1.34. The minimum absolute atomic E-state index is 0.00850. The third kappa shape index (κ3) is 5.31. The average Bonchev–Trinajstić information content (AvgIpc) is 3.75. The lowest BCUT2D eigenvalue weighted by Crippen LogP contribution is -2.63. The van der Waals surface area contributed by atoms with Crippen LogP contribution in [0.2, 0.25) is 0 Å². The molecule has 0 aliphatic carbocycles. The van der Waals surface area contributed by atoms with Crippen LogP contribution in [0.4, 0.5) is 19.0 Å². The number of terminal acetylenes is 1. The number of hydrogen-bond donors (Lipinski definition) is 0. The van der Waals surface area contributed by atoms with Gasteiger partial charge in [0.05, 0.1) is 16.5 Å². The van der Waals surface area contributed by atoms with Gasteiger partial charge in [0.2, 0.25) is 0 Å². The number of carbonyl (C=O) groups is 2. The van der Waals surface area contributed by atoms with Gasteiger partial charge in [-0.1, -0.05) is 44.0 Å². The molecule has 13 heteroatoms. The van der Waals surface area contributed by atoms with Gasteiger partial charge in [-0.25, -0.2) is 13.2 Å². The van der Waals surface area contributed by atoms with E-state index in [0.29, 0.717) is 53.6 Å². The number of nitrogens with zero attached hydrogens (tertiary/aromatic N) is 6. The number of esters is 1. The van der Waals surface area contributed by atoms with Gasteiger partial charge in [0, 0.05) is 55.3 Å². The zero-order valence-corrected chi connectivity index (χ0v) is 29.5. The lowest BCUT2D eigenvalue weighted by molar-refractivity contribution is -0.197. The number of piperazine rings is 1. The van der Waals surface area contributed by atoms with E-state index in [9.17, 15) is 18.4 Å². The number of fused-ring (bicyclic) bond motifs is 5. The van der Waals surface area contributed by atoms with Crippen molar-refractivity contribution in [3.05, 3.63) is 53.7 Å². The molecule has 9 rings (SSSR count). The first-order valence-electron chi connectivity index (χ1n) is 18.4. The molecule has 53 heavy (non-hydrogen) atoms. The Balaban J connectivity index is 1.11. The van der Waals surface area contributed by atoms with E-state index in [0.717, 1.165) is 32.2 Å². The molecule has 0 spiro atoms. The molecule has 2 aromatic heterocycles. The van der Waals surface area contributed by atoms with Crippen molar-refractivity contribution >= 4 is 39.4 Å². The van der Waals surface area contributed by atoms with Crippen molar-refractivity contribution in [1.82, 2.24) is 24.8 Å². The van der Waals surface area contributed by atoms with Crippen LogP contribution in [0.15, 0.2) is 36.5 Å². The van der Waals surface area contributed by atoms with E-state index in [-0.39, 0.29) is 59.3 Å². The van der Waals surface area contributed by atoms with E-state index in [1.165, 1.54) is 12.3 Å². The molecule has 5 fully saturated rings. The highest BCUT2D eigenvalue weighted by Crippen LogP contribution is 2.43. The van der Waals surface area contributed by atoms with Gasteiger partial charge in [-0.2, -0.15) is 9.97 Å². The predicted molar refractivity (Wildman–Crippen MR) is 191 cm³/mol. The van der Waals surface area contributed by atoms with E-state index < -0.39 is 35.4 Å². The number of amides is 1. The summed E-state index contributed by atoms with van der Waals surface area (Å²) in [5.74, 6) is 0.473. The van der Waals surface area contributed by atoms with Crippen LogP contribution in [0.25, 0.3) is 32.9 Å². The van der Waals surface area contributed by atoms with Crippen LogP contribution in [-0.4, -0.2) is 99.3 Å². The SMILES string of the molecule is C#Cc1c(F)ccc2cccc(-c3ncc4c(N5CC6CCC(C5)N6C(=O)[C@@H]5OC(=O)[C@H]5C(C)C)nc(OC[C@@]56CCCN5C[C@H](F)C6)nc4c3F)c12. The molecule has 2 bridgehead atoms. The third-order valence-corrected chi connectivity index (χ3v) is 12.1. The zero-order chi connectivity index (χ0) is 36.8. The summed E-state index contributed by atoms with van der Waals surface area (Å²) in [6.07, 6.45) is 9.06. The summed E-state index contributed by atoms with van der Waals surface area (Å²) in [5.41, 5.74) is -0.244. The monoisotopic (exact) mass is 724 g/mol. The Hall–Kier alpha value is -4.96. The number of ether oxygens (including phenoxy) is 2. The molecule has 10 nitrogen and oxygen atoms in total. The second-order valence-corrected chi connectivity index (χ2v) is 15.5. The molecule has 2 aromatic carbocycles. The van der Waals surface area contributed by atoms with Crippen molar-refractivity contribution < 1.29 is 32.2 Å². The largest absolute Gasteiger partial charge is 0.461 e. The van der Waals surface area contributed by atoms with E-state index in [2.05, 4.69) is 20.8 Å². The molecule has 0 N–H and O–H groups in total. The number of benzene rings is 2. The number of cyclic esters (lactones) is 1. The molecule has 0 radical (unpaired) electrons. The Morgan fingerprint density at radius 1 is 1.13 bits per heavy atom. The first-order chi connectivity index (χ1) is 25.6. The number of rotatable bonds is 7. The Kier molecular flexibility index (Phi) is 8.03. The normalized spacial score (nSPS) is 28.0. The van der Waals surface area contributed by atoms with Gasteiger partial charge >= 0.3 is 12.0 Å². The Morgan fingerprint density at radius 3 is 2.66 bits per heavy atom. The van der Waals surface area contributed by atoms with Crippen molar-refractivity contribution in [2.24, 2.45) is 11.8 Å². The maximum Gasteiger partial charge on any atom is 0.319 e. The van der Waals surface area contributed by atoms with Gasteiger partial charge in [-0.3, -0.25) is 19.5 Å². The lowest BCUT2D eigenvalue weighted by atomic mass is 9.85. The maximum absolute atomic E-state index is 17.0. The fourth-order valence-electron chi connectivity index (χ4n) is 9.59. The molecule has 5 saturated heterocycles. The molecule has 4 aromatic rings. The highest BCUT2D eigenvalue weighted by molar-refractivity contribution is 6.02. The molecule has 5 aliphatic rings. The van der Waals surface area contributed by atoms with Gasteiger partial charge in [0.25, 0.3) is 5.91 Å². The minimum Gasteiger partial charge on any atom is -0.461 e. The smallest absolute Gasteiger partial charge is 0.319 e. The van der Waals surface area contributed by atoms with Gasteiger partial charge in [0.15, 0.2) is 11.9 Å². The van der Waals surface area contributed by atoms with E-state index in [1.807, 2.05) is 23.6 Å². The summed E-state index contributed by atoms with van der Waals surface area (Å²) in [6, 6.07) is 7.63. The van der Waals surface area contributed by atoms with E-state index >= 15 is 4.39 Å². The molecule has 6 atom stereocenters. The topological polar surface area (TPSA) is 101 Å². The zero-order valence-electron chi connectivity index (χ0n) is 29.5. The third-order valence-electron chi connectivity index (χ3n) is 12.1. The van der Waals surface area contributed by atoms with Crippen molar-refractivity contribution in [3.8, 4) is 29.6 Å². The van der Waals surface area contributed by atoms with Crippen molar-refractivity contribution in [3.63, 3.8) is 0 Å². The maximum atomic E-state index is 17.0. The molecule has 5 aliphatic heterocycles. The highest BCUT2D eigenvalue weighted by Gasteiger charge is 2.54. The van der Waals surface area contributed by atoms with Gasteiger partial charge in [-0.15, -0.1) is 6.42 Å². The summed E-state index contributed by atoms with van der Waals surface area (Å²) in [7, 11) is 0. The first-order valence-corrected chi connectivity index (χ1v) is 18.4. The van der Waals surface area contributed by atoms with Gasteiger partial charge in [0.1, 0.15) is 41.5 Å². The summed E-state index contributed by atoms with van der Waals surface area (Å²) in [4.78, 5) is 46.0. The van der Waals surface area contributed by atoms with E-state index in [4.69, 9.17) is 20.9 Å². The number of halogens is 3. The lowest BCUT2D eigenvalue weighted by Gasteiger charge is -2.45.